The Balaban J connectivity index is 1.63. The minimum absolute atomic E-state index is 0.188. The molecule has 1 amide bonds. The summed E-state index contributed by atoms with van der Waals surface area (Å²) in [7, 11) is 0. The number of thiazole rings is 1. The molecule has 0 aliphatic rings. The first-order chi connectivity index (χ1) is 14.5. The van der Waals surface area contributed by atoms with Gasteiger partial charge in [-0.25, -0.2) is 9.37 Å². The van der Waals surface area contributed by atoms with E-state index in [9.17, 15) is 9.18 Å². The summed E-state index contributed by atoms with van der Waals surface area (Å²) in [6.07, 6.45) is 1.69. The second kappa shape index (κ2) is 8.59. The molecule has 0 fully saturated rings. The molecule has 0 saturated heterocycles. The van der Waals surface area contributed by atoms with Crippen molar-refractivity contribution in [2.24, 2.45) is 0 Å². The maximum atomic E-state index is 13.1. The van der Waals surface area contributed by atoms with Gasteiger partial charge in [-0.15, -0.1) is 0 Å². The average Bonchev–Trinajstić information content (AvgIpc) is 3.16. The number of carbonyl (C=O) groups is 1. The Morgan fingerprint density at radius 2 is 1.93 bits per heavy atom. The van der Waals surface area contributed by atoms with Gasteiger partial charge in [0.05, 0.1) is 22.5 Å². The van der Waals surface area contributed by atoms with Crippen LogP contribution in [-0.4, -0.2) is 22.5 Å². The van der Waals surface area contributed by atoms with E-state index in [1.165, 1.54) is 35.6 Å². The highest BCUT2D eigenvalue weighted by Crippen LogP contribution is 2.33. The molecular formula is C23H20FN3O2S. The highest BCUT2D eigenvalue weighted by atomic mass is 32.1. The summed E-state index contributed by atoms with van der Waals surface area (Å²) < 4.78 is 19.7. The molecule has 5 nitrogen and oxygen atoms in total. The van der Waals surface area contributed by atoms with Gasteiger partial charge in [0.1, 0.15) is 11.6 Å². The monoisotopic (exact) mass is 421 g/mol. The molecule has 0 aliphatic heterocycles. The van der Waals surface area contributed by atoms with Crippen molar-refractivity contribution >= 4 is 32.6 Å². The largest absolute Gasteiger partial charge is 0.484 e. The number of aryl methyl sites for hydroxylation is 2. The van der Waals surface area contributed by atoms with E-state index < -0.39 is 0 Å². The number of hydrogen-bond donors (Lipinski definition) is 0. The second-order valence-corrected chi connectivity index (χ2v) is 7.95. The number of hydrogen-bond acceptors (Lipinski definition) is 5. The van der Waals surface area contributed by atoms with Gasteiger partial charge in [-0.05, 0) is 67.4 Å². The summed E-state index contributed by atoms with van der Waals surface area (Å²) in [6, 6.07) is 15.3. The van der Waals surface area contributed by atoms with Gasteiger partial charge in [-0.3, -0.25) is 14.7 Å². The standard InChI is InChI=1S/C23H20FN3O2S/c1-15-11-16(2)22-20(12-15)26-23(30-22)27(13-18-5-3-4-10-25-18)21(28)14-29-19-8-6-17(24)7-9-19/h3-12H,13-14H2,1-2H3. The van der Waals surface area contributed by atoms with Crippen LogP contribution >= 0.6 is 11.3 Å². The van der Waals surface area contributed by atoms with Crippen LogP contribution in [0.1, 0.15) is 16.8 Å². The van der Waals surface area contributed by atoms with Gasteiger partial charge in [-0.2, -0.15) is 0 Å². The maximum Gasteiger partial charge on any atom is 0.267 e. The fourth-order valence-corrected chi connectivity index (χ4v) is 4.18. The van der Waals surface area contributed by atoms with E-state index in [1.807, 2.05) is 38.1 Å². The summed E-state index contributed by atoms with van der Waals surface area (Å²) in [4.78, 5) is 23.7. The molecule has 30 heavy (non-hydrogen) atoms. The van der Waals surface area contributed by atoms with E-state index in [4.69, 9.17) is 9.72 Å². The number of fused-ring (bicyclic) bond motifs is 1. The molecule has 0 atom stereocenters. The zero-order chi connectivity index (χ0) is 21.1. The van der Waals surface area contributed by atoms with Crippen LogP contribution in [0.4, 0.5) is 9.52 Å². The van der Waals surface area contributed by atoms with Crippen LogP contribution in [0, 0.1) is 19.7 Å². The number of anilines is 1. The summed E-state index contributed by atoms with van der Waals surface area (Å²) >= 11 is 1.47. The Morgan fingerprint density at radius 1 is 1.13 bits per heavy atom. The van der Waals surface area contributed by atoms with E-state index in [2.05, 4.69) is 11.1 Å². The minimum atomic E-state index is -0.356. The Bertz CT molecular complexity index is 1180. The lowest BCUT2D eigenvalue weighted by atomic mass is 10.1. The topological polar surface area (TPSA) is 55.3 Å². The van der Waals surface area contributed by atoms with E-state index in [0.717, 1.165) is 27.0 Å². The van der Waals surface area contributed by atoms with Crippen LogP contribution in [0.3, 0.4) is 0 Å². The fourth-order valence-electron chi connectivity index (χ4n) is 3.15. The molecular weight excluding hydrogens is 401 g/mol. The van der Waals surface area contributed by atoms with Crippen molar-refractivity contribution < 1.29 is 13.9 Å². The third kappa shape index (κ3) is 4.46. The lowest BCUT2D eigenvalue weighted by molar-refractivity contribution is -0.120. The zero-order valence-electron chi connectivity index (χ0n) is 16.6. The van der Waals surface area contributed by atoms with Crippen LogP contribution in [0.15, 0.2) is 60.8 Å². The van der Waals surface area contributed by atoms with Crippen molar-refractivity contribution in [3.8, 4) is 5.75 Å². The molecule has 4 aromatic rings. The molecule has 0 unspecified atom stereocenters. The Labute approximate surface area is 177 Å². The van der Waals surface area contributed by atoms with Crippen LogP contribution in [0.5, 0.6) is 5.75 Å². The Morgan fingerprint density at radius 3 is 2.67 bits per heavy atom. The quantitative estimate of drug-likeness (QED) is 0.437. The average molecular weight is 421 g/mol. The van der Waals surface area contributed by atoms with Crippen LogP contribution < -0.4 is 9.64 Å². The summed E-state index contributed by atoms with van der Waals surface area (Å²) in [5, 5.41) is 0.594. The first kappa shape index (κ1) is 20.0. The second-order valence-electron chi connectivity index (χ2n) is 6.97. The first-order valence-corrected chi connectivity index (χ1v) is 10.3. The molecule has 4 rings (SSSR count). The number of halogens is 1. The molecule has 0 N–H and O–H groups in total. The highest BCUT2D eigenvalue weighted by Gasteiger charge is 2.22. The number of pyridine rings is 1. The van der Waals surface area contributed by atoms with E-state index >= 15 is 0 Å². The van der Waals surface area contributed by atoms with Crippen LogP contribution in [0.2, 0.25) is 0 Å². The van der Waals surface area contributed by atoms with Gasteiger partial charge in [0.2, 0.25) is 0 Å². The minimum Gasteiger partial charge on any atom is -0.484 e. The predicted molar refractivity (Wildman–Crippen MR) is 116 cm³/mol. The highest BCUT2D eigenvalue weighted by molar-refractivity contribution is 7.22. The molecule has 2 heterocycles. The SMILES string of the molecule is Cc1cc(C)c2sc(N(Cc3ccccn3)C(=O)COc3ccc(F)cc3)nc2c1. The predicted octanol–water partition coefficient (Wildman–Crippen LogP) is 5.06. The van der Waals surface area contributed by atoms with Gasteiger partial charge >= 0.3 is 0 Å². The number of amides is 1. The molecule has 0 radical (unpaired) electrons. The lowest BCUT2D eigenvalue weighted by Gasteiger charge is -2.19. The van der Waals surface area contributed by atoms with E-state index in [1.54, 1.807) is 11.1 Å². The van der Waals surface area contributed by atoms with E-state index in [0.29, 0.717) is 10.9 Å². The summed E-state index contributed by atoms with van der Waals surface area (Å²) in [5.74, 6) is -0.178. The number of aromatic nitrogens is 2. The van der Waals surface area contributed by atoms with Gasteiger partial charge < -0.3 is 4.74 Å². The Hall–Kier alpha value is -3.32. The molecule has 2 aromatic heterocycles. The Kier molecular flexibility index (Phi) is 5.72. The number of rotatable bonds is 6. The van der Waals surface area contributed by atoms with Crippen LogP contribution in [-0.2, 0) is 11.3 Å². The van der Waals surface area contributed by atoms with Crippen molar-refractivity contribution in [3.05, 3.63) is 83.4 Å². The van der Waals surface area contributed by atoms with Crippen molar-refractivity contribution in [3.63, 3.8) is 0 Å². The number of benzene rings is 2. The molecule has 0 spiro atoms. The summed E-state index contributed by atoms with van der Waals surface area (Å²) in [6.45, 7) is 4.16. The molecule has 0 bridgehead atoms. The van der Waals surface area contributed by atoms with Crippen molar-refractivity contribution in [2.75, 3.05) is 11.5 Å². The van der Waals surface area contributed by atoms with Gasteiger partial charge in [0.15, 0.2) is 11.7 Å². The first-order valence-electron chi connectivity index (χ1n) is 9.46. The number of ether oxygens (including phenoxy) is 1. The van der Waals surface area contributed by atoms with Gasteiger partial charge in [0, 0.05) is 6.20 Å². The zero-order valence-corrected chi connectivity index (χ0v) is 17.4. The molecule has 152 valence electrons. The van der Waals surface area contributed by atoms with Crippen molar-refractivity contribution in [2.45, 2.75) is 20.4 Å². The van der Waals surface area contributed by atoms with E-state index in [-0.39, 0.29) is 24.9 Å². The number of carbonyl (C=O) groups excluding carboxylic acids is 1. The molecule has 0 aliphatic carbocycles. The van der Waals surface area contributed by atoms with Gasteiger partial charge in [-0.1, -0.05) is 23.5 Å². The van der Waals surface area contributed by atoms with Gasteiger partial charge in [0.25, 0.3) is 5.91 Å². The molecule has 2 aromatic carbocycles. The third-order valence-electron chi connectivity index (χ3n) is 4.56. The van der Waals surface area contributed by atoms with Crippen molar-refractivity contribution in [1.29, 1.82) is 0 Å². The number of nitrogens with zero attached hydrogens (tertiary/aromatic N) is 3. The lowest BCUT2D eigenvalue weighted by Crippen LogP contribution is -2.34. The smallest absolute Gasteiger partial charge is 0.267 e. The third-order valence-corrected chi connectivity index (χ3v) is 5.79. The maximum absolute atomic E-state index is 13.1. The fraction of sp³-hybridized carbons (Fsp3) is 0.174. The molecule has 0 saturated carbocycles. The van der Waals surface area contributed by atoms with Crippen LogP contribution in [0.25, 0.3) is 10.2 Å². The summed E-state index contributed by atoms with van der Waals surface area (Å²) in [5.41, 5.74) is 3.87. The molecule has 7 heteroatoms. The van der Waals surface area contributed by atoms with Crippen molar-refractivity contribution in [1.82, 2.24) is 9.97 Å². The normalized spacial score (nSPS) is 10.9.